The normalized spacial score (nSPS) is 10.5. The van der Waals surface area contributed by atoms with Crippen molar-refractivity contribution in [1.82, 2.24) is 5.32 Å². The summed E-state index contributed by atoms with van der Waals surface area (Å²) in [6.07, 6.45) is 0. The van der Waals surface area contributed by atoms with Gasteiger partial charge < -0.3 is 20.6 Å². The number of hydrogen-bond donors (Lipinski definition) is 4. The standard InChI is InChI=1S/C10H12INO4/c11-8-2-1-6(3-9(8)15)10(16)12-7(4-13)5-14/h1-3,7,13-15H,4-5H2,(H,12,16). The highest BCUT2D eigenvalue weighted by Crippen LogP contribution is 2.20. The van der Waals surface area contributed by atoms with Crippen molar-refractivity contribution < 1.29 is 20.1 Å². The van der Waals surface area contributed by atoms with Gasteiger partial charge in [-0.05, 0) is 40.8 Å². The third kappa shape index (κ3) is 3.32. The van der Waals surface area contributed by atoms with Crippen molar-refractivity contribution in [2.45, 2.75) is 6.04 Å². The molecule has 16 heavy (non-hydrogen) atoms. The van der Waals surface area contributed by atoms with Crippen LogP contribution in [0.1, 0.15) is 10.4 Å². The van der Waals surface area contributed by atoms with Crippen molar-refractivity contribution in [3.05, 3.63) is 27.3 Å². The number of benzene rings is 1. The number of aliphatic hydroxyl groups is 2. The zero-order valence-electron chi connectivity index (χ0n) is 8.35. The lowest BCUT2D eigenvalue weighted by Gasteiger charge is -2.13. The van der Waals surface area contributed by atoms with Gasteiger partial charge in [0.15, 0.2) is 0 Å². The predicted molar refractivity (Wildman–Crippen MR) is 66.2 cm³/mol. The van der Waals surface area contributed by atoms with E-state index in [0.29, 0.717) is 3.57 Å². The Labute approximate surface area is 106 Å². The molecule has 0 saturated carbocycles. The minimum absolute atomic E-state index is 0.0257. The maximum Gasteiger partial charge on any atom is 0.251 e. The predicted octanol–water partition coefficient (Wildman–Crippen LogP) is 0.0798. The van der Waals surface area contributed by atoms with Crippen molar-refractivity contribution in [1.29, 1.82) is 0 Å². The highest BCUT2D eigenvalue weighted by molar-refractivity contribution is 14.1. The summed E-state index contributed by atoms with van der Waals surface area (Å²) in [7, 11) is 0. The average Bonchev–Trinajstić information content (AvgIpc) is 2.29. The first kappa shape index (κ1) is 13.2. The number of carbonyl (C=O) groups is 1. The van der Waals surface area contributed by atoms with E-state index in [2.05, 4.69) is 5.32 Å². The molecule has 0 fully saturated rings. The van der Waals surface area contributed by atoms with Crippen LogP contribution < -0.4 is 5.32 Å². The number of amides is 1. The van der Waals surface area contributed by atoms with Crippen LogP contribution in [0.25, 0.3) is 0 Å². The molecule has 1 aromatic carbocycles. The fourth-order valence-electron chi connectivity index (χ4n) is 1.07. The molecule has 0 unspecified atom stereocenters. The summed E-state index contributed by atoms with van der Waals surface area (Å²) < 4.78 is 0.648. The fourth-order valence-corrected chi connectivity index (χ4v) is 1.41. The molecule has 6 heteroatoms. The van der Waals surface area contributed by atoms with E-state index >= 15 is 0 Å². The number of phenolic OH excluding ortho intramolecular Hbond substituents is 1. The summed E-state index contributed by atoms with van der Waals surface area (Å²) in [5.74, 6) is -0.419. The molecule has 1 aromatic rings. The largest absolute Gasteiger partial charge is 0.507 e. The van der Waals surface area contributed by atoms with Crippen LogP contribution in [0.4, 0.5) is 0 Å². The van der Waals surface area contributed by atoms with Crippen LogP contribution in [-0.4, -0.2) is 40.5 Å². The van der Waals surface area contributed by atoms with Crippen molar-refractivity contribution in [3.63, 3.8) is 0 Å². The van der Waals surface area contributed by atoms with E-state index in [9.17, 15) is 9.90 Å². The summed E-state index contributed by atoms with van der Waals surface area (Å²) >= 11 is 1.94. The number of aliphatic hydroxyl groups excluding tert-OH is 2. The van der Waals surface area contributed by atoms with Crippen LogP contribution in [0.15, 0.2) is 18.2 Å². The second kappa shape index (κ2) is 6.02. The Balaban J connectivity index is 2.76. The second-order valence-corrected chi connectivity index (χ2v) is 4.36. The summed E-state index contributed by atoms with van der Waals surface area (Å²) in [4.78, 5) is 11.6. The molecular weight excluding hydrogens is 325 g/mol. The Morgan fingerprint density at radius 1 is 1.38 bits per heavy atom. The Hall–Kier alpha value is -0.860. The summed E-state index contributed by atoms with van der Waals surface area (Å²) in [5, 5.41) is 29.4. The van der Waals surface area contributed by atoms with Crippen LogP contribution in [0.3, 0.4) is 0 Å². The van der Waals surface area contributed by atoms with Crippen LogP contribution in [0.5, 0.6) is 5.75 Å². The van der Waals surface area contributed by atoms with E-state index in [1.54, 1.807) is 12.1 Å². The lowest BCUT2D eigenvalue weighted by atomic mass is 10.2. The summed E-state index contributed by atoms with van der Waals surface area (Å²) in [6.45, 7) is -0.669. The van der Waals surface area contributed by atoms with Gasteiger partial charge in [0.05, 0.1) is 22.8 Å². The Kier molecular flexibility index (Phi) is 4.97. The topological polar surface area (TPSA) is 89.8 Å². The molecule has 0 aromatic heterocycles. The average molecular weight is 337 g/mol. The van der Waals surface area contributed by atoms with E-state index in [-0.39, 0.29) is 24.5 Å². The van der Waals surface area contributed by atoms with Gasteiger partial charge in [0.2, 0.25) is 0 Å². The van der Waals surface area contributed by atoms with Crippen LogP contribution in [0, 0.1) is 3.57 Å². The number of halogens is 1. The molecule has 0 atom stereocenters. The summed E-state index contributed by atoms with van der Waals surface area (Å²) in [6, 6.07) is 3.82. The van der Waals surface area contributed by atoms with Gasteiger partial charge in [-0.3, -0.25) is 4.79 Å². The maximum absolute atomic E-state index is 11.6. The number of nitrogens with one attached hydrogen (secondary N) is 1. The Morgan fingerprint density at radius 3 is 2.50 bits per heavy atom. The zero-order chi connectivity index (χ0) is 12.1. The molecule has 88 valence electrons. The van der Waals surface area contributed by atoms with Crippen molar-refractivity contribution >= 4 is 28.5 Å². The smallest absolute Gasteiger partial charge is 0.251 e. The lowest BCUT2D eigenvalue weighted by molar-refractivity contribution is 0.0879. The number of phenols is 1. The van der Waals surface area contributed by atoms with E-state index in [1.807, 2.05) is 22.6 Å². The lowest BCUT2D eigenvalue weighted by Crippen LogP contribution is -2.40. The molecule has 0 aliphatic heterocycles. The molecule has 1 rings (SSSR count). The molecule has 0 spiro atoms. The highest BCUT2D eigenvalue weighted by Gasteiger charge is 2.12. The first-order valence-corrected chi connectivity index (χ1v) is 5.67. The van der Waals surface area contributed by atoms with Gasteiger partial charge in [-0.15, -0.1) is 0 Å². The molecule has 4 N–H and O–H groups in total. The molecule has 0 heterocycles. The van der Waals surface area contributed by atoms with Gasteiger partial charge in [0, 0.05) is 5.56 Å². The summed E-state index contributed by atoms with van der Waals surface area (Å²) in [5.41, 5.74) is 0.282. The van der Waals surface area contributed by atoms with Gasteiger partial charge in [-0.1, -0.05) is 0 Å². The minimum atomic E-state index is -0.686. The van der Waals surface area contributed by atoms with E-state index in [1.165, 1.54) is 6.07 Å². The minimum Gasteiger partial charge on any atom is -0.507 e. The molecule has 0 aliphatic rings. The van der Waals surface area contributed by atoms with Gasteiger partial charge >= 0.3 is 0 Å². The van der Waals surface area contributed by atoms with Crippen LogP contribution in [0.2, 0.25) is 0 Å². The molecule has 0 bridgehead atoms. The van der Waals surface area contributed by atoms with E-state index in [0.717, 1.165) is 0 Å². The molecule has 0 saturated heterocycles. The van der Waals surface area contributed by atoms with Crippen LogP contribution in [-0.2, 0) is 0 Å². The third-order valence-electron chi connectivity index (χ3n) is 1.98. The molecular formula is C10H12INO4. The number of rotatable bonds is 4. The van der Waals surface area contributed by atoms with E-state index < -0.39 is 11.9 Å². The van der Waals surface area contributed by atoms with Crippen molar-refractivity contribution in [2.24, 2.45) is 0 Å². The first-order chi connectivity index (χ1) is 7.58. The number of aromatic hydroxyl groups is 1. The first-order valence-electron chi connectivity index (χ1n) is 4.59. The molecule has 5 nitrogen and oxygen atoms in total. The Bertz CT molecular complexity index is 379. The SMILES string of the molecule is O=C(NC(CO)CO)c1ccc(I)c(O)c1. The van der Waals surface area contributed by atoms with Crippen LogP contribution >= 0.6 is 22.6 Å². The Morgan fingerprint density at radius 2 is 2.00 bits per heavy atom. The second-order valence-electron chi connectivity index (χ2n) is 3.20. The zero-order valence-corrected chi connectivity index (χ0v) is 10.5. The molecule has 0 aliphatic carbocycles. The highest BCUT2D eigenvalue weighted by atomic mass is 127. The molecule has 0 radical (unpaired) electrons. The van der Waals surface area contributed by atoms with Gasteiger partial charge in [-0.2, -0.15) is 0 Å². The van der Waals surface area contributed by atoms with Crippen molar-refractivity contribution in [3.8, 4) is 5.75 Å². The van der Waals surface area contributed by atoms with Gasteiger partial charge in [0.1, 0.15) is 5.75 Å². The third-order valence-corrected chi connectivity index (χ3v) is 2.90. The van der Waals surface area contributed by atoms with Gasteiger partial charge in [-0.25, -0.2) is 0 Å². The van der Waals surface area contributed by atoms with E-state index in [4.69, 9.17) is 10.2 Å². The quantitative estimate of drug-likeness (QED) is 0.586. The number of carbonyl (C=O) groups excluding carboxylic acids is 1. The van der Waals surface area contributed by atoms with Crippen molar-refractivity contribution in [2.75, 3.05) is 13.2 Å². The van der Waals surface area contributed by atoms with Gasteiger partial charge in [0.25, 0.3) is 5.91 Å². The maximum atomic E-state index is 11.6. The fraction of sp³-hybridized carbons (Fsp3) is 0.300. The molecule has 1 amide bonds. The monoisotopic (exact) mass is 337 g/mol. The number of hydrogen-bond acceptors (Lipinski definition) is 4.